The van der Waals surface area contributed by atoms with Crippen LogP contribution in [0.3, 0.4) is 0 Å². The Morgan fingerprint density at radius 3 is 2.44 bits per heavy atom. The number of nitrogens with zero attached hydrogens (tertiary/aromatic N) is 2. The van der Waals surface area contributed by atoms with Gasteiger partial charge in [0, 0.05) is 11.3 Å². The van der Waals surface area contributed by atoms with Gasteiger partial charge in [-0.3, -0.25) is 25.1 Å². The summed E-state index contributed by atoms with van der Waals surface area (Å²) in [6, 6.07) is 8.74. The van der Waals surface area contributed by atoms with Gasteiger partial charge in [0.15, 0.2) is 0 Å². The first-order valence-corrected chi connectivity index (χ1v) is 9.32. The summed E-state index contributed by atoms with van der Waals surface area (Å²) in [6.45, 7) is 6.63. The van der Waals surface area contributed by atoms with E-state index in [1.165, 1.54) is 12.8 Å². The van der Waals surface area contributed by atoms with Gasteiger partial charge in [0.05, 0.1) is 12.3 Å². The van der Waals surface area contributed by atoms with Crippen LogP contribution in [0.1, 0.15) is 54.4 Å². The topological polar surface area (TPSA) is 85.3 Å². The highest BCUT2D eigenvalue weighted by atomic mass is 16.5. The number of carbonyl (C=O) groups excluding carboxylic acids is 2. The fraction of sp³-hybridized carbons (Fsp3) is 0.450. The molecule has 0 aliphatic carbocycles. The molecule has 1 aromatic carbocycles. The summed E-state index contributed by atoms with van der Waals surface area (Å²) in [6.07, 6.45) is 4.60. The van der Waals surface area contributed by atoms with E-state index in [1.807, 2.05) is 19.9 Å². The molecule has 0 saturated carbocycles. The maximum Gasteiger partial charge on any atom is 0.269 e. The summed E-state index contributed by atoms with van der Waals surface area (Å²) in [5.74, 6) is 0.00408. The van der Waals surface area contributed by atoms with Crippen molar-refractivity contribution in [1.29, 1.82) is 0 Å². The molecule has 0 bridgehead atoms. The second-order valence-electron chi connectivity index (χ2n) is 6.52. The quantitative estimate of drug-likeness (QED) is 0.523. The Morgan fingerprint density at radius 2 is 1.81 bits per heavy atom. The lowest BCUT2D eigenvalue weighted by Crippen LogP contribution is -2.43. The number of unbranched alkanes of at least 4 members (excludes halogenated alkanes) is 3. The highest BCUT2D eigenvalue weighted by Crippen LogP contribution is 2.13. The van der Waals surface area contributed by atoms with Crippen LogP contribution in [-0.4, -0.2) is 28.2 Å². The number of benzene rings is 1. The molecule has 2 aromatic rings. The molecule has 0 saturated heterocycles. The zero-order valence-electron chi connectivity index (χ0n) is 16.2. The lowest BCUT2D eigenvalue weighted by atomic mass is 10.2. The number of ether oxygens (including phenoxy) is 1. The van der Waals surface area contributed by atoms with Crippen molar-refractivity contribution in [2.24, 2.45) is 0 Å². The first kappa shape index (κ1) is 20.5. The van der Waals surface area contributed by atoms with Gasteiger partial charge in [-0.05, 0) is 50.6 Å². The lowest BCUT2D eigenvalue weighted by Gasteiger charge is -2.09. The normalized spacial score (nSPS) is 10.5. The van der Waals surface area contributed by atoms with Gasteiger partial charge in [-0.1, -0.05) is 26.2 Å². The zero-order chi connectivity index (χ0) is 19.6. The number of hydrogen-bond donors (Lipinski definition) is 2. The van der Waals surface area contributed by atoms with Gasteiger partial charge >= 0.3 is 0 Å². The zero-order valence-corrected chi connectivity index (χ0v) is 16.2. The van der Waals surface area contributed by atoms with E-state index < -0.39 is 0 Å². The molecule has 1 aromatic heterocycles. The monoisotopic (exact) mass is 372 g/mol. The van der Waals surface area contributed by atoms with Crippen molar-refractivity contribution >= 4 is 11.8 Å². The van der Waals surface area contributed by atoms with Crippen molar-refractivity contribution in [3.8, 4) is 5.75 Å². The van der Waals surface area contributed by atoms with Crippen LogP contribution in [0.4, 0.5) is 0 Å². The summed E-state index contributed by atoms with van der Waals surface area (Å²) in [4.78, 5) is 24.1. The van der Waals surface area contributed by atoms with Crippen molar-refractivity contribution in [2.45, 2.75) is 53.0 Å². The number of carbonyl (C=O) groups is 2. The van der Waals surface area contributed by atoms with E-state index in [0.29, 0.717) is 12.2 Å². The number of aromatic nitrogens is 2. The molecule has 0 fully saturated rings. The largest absolute Gasteiger partial charge is 0.494 e. The molecule has 2 N–H and O–H groups in total. The second-order valence-corrected chi connectivity index (χ2v) is 6.52. The molecule has 2 rings (SSSR count). The highest BCUT2D eigenvalue weighted by molar-refractivity contribution is 5.95. The maximum absolute atomic E-state index is 12.1. The third-order valence-corrected chi connectivity index (χ3v) is 4.10. The standard InChI is InChI=1S/C20H28N4O3/c1-4-5-6-7-12-27-18-10-8-17(9-11-18)20(26)22-21-19(25)14-24-16(3)13-15(2)23-24/h8-11,13H,4-7,12,14H2,1-3H3,(H,21,25)(H,22,26). The Bertz CT molecular complexity index is 753. The van der Waals surface area contributed by atoms with E-state index in [4.69, 9.17) is 4.74 Å². The van der Waals surface area contributed by atoms with Gasteiger partial charge in [0.2, 0.25) is 0 Å². The van der Waals surface area contributed by atoms with Gasteiger partial charge in [0.1, 0.15) is 12.3 Å². The number of hydrazine groups is 1. The van der Waals surface area contributed by atoms with Gasteiger partial charge in [0.25, 0.3) is 11.8 Å². The van der Waals surface area contributed by atoms with E-state index in [1.54, 1.807) is 28.9 Å². The summed E-state index contributed by atoms with van der Waals surface area (Å²) < 4.78 is 7.24. The fourth-order valence-electron chi connectivity index (χ4n) is 2.63. The minimum absolute atomic E-state index is 0.0464. The van der Waals surface area contributed by atoms with E-state index in [0.717, 1.165) is 30.0 Å². The molecule has 0 unspecified atom stereocenters. The molecule has 0 spiro atoms. The maximum atomic E-state index is 12.1. The Morgan fingerprint density at radius 1 is 1.07 bits per heavy atom. The summed E-state index contributed by atoms with van der Waals surface area (Å²) in [7, 11) is 0. The first-order valence-electron chi connectivity index (χ1n) is 9.32. The number of rotatable bonds is 9. The Kier molecular flexibility index (Phi) is 7.85. The molecule has 146 valence electrons. The van der Waals surface area contributed by atoms with Crippen LogP contribution in [0.2, 0.25) is 0 Å². The molecule has 7 heteroatoms. The molecule has 7 nitrogen and oxygen atoms in total. The van der Waals surface area contributed by atoms with Crippen LogP contribution < -0.4 is 15.6 Å². The number of amides is 2. The van der Waals surface area contributed by atoms with Gasteiger partial charge in [-0.15, -0.1) is 0 Å². The third kappa shape index (κ3) is 6.77. The van der Waals surface area contributed by atoms with Crippen LogP contribution in [0.25, 0.3) is 0 Å². The predicted octanol–water partition coefficient (Wildman–Crippen LogP) is 2.92. The minimum atomic E-state index is -0.383. The molecule has 27 heavy (non-hydrogen) atoms. The third-order valence-electron chi connectivity index (χ3n) is 4.10. The van der Waals surface area contributed by atoms with Crippen LogP contribution in [-0.2, 0) is 11.3 Å². The Balaban J connectivity index is 1.75. The van der Waals surface area contributed by atoms with Gasteiger partial charge in [-0.2, -0.15) is 5.10 Å². The molecule has 0 radical (unpaired) electrons. The fourth-order valence-corrected chi connectivity index (χ4v) is 2.63. The van der Waals surface area contributed by atoms with Crippen LogP contribution in [0.5, 0.6) is 5.75 Å². The van der Waals surface area contributed by atoms with Crippen molar-refractivity contribution < 1.29 is 14.3 Å². The molecule has 0 aliphatic heterocycles. The second kappa shape index (κ2) is 10.4. The van der Waals surface area contributed by atoms with Crippen LogP contribution >= 0.6 is 0 Å². The average Bonchev–Trinajstić information content (AvgIpc) is 2.97. The van der Waals surface area contributed by atoms with Gasteiger partial charge in [-0.25, -0.2) is 0 Å². The Labute approximate surface area is 160 Å². The molecule has 0 atom stereocenters. The SMILES string of the molecule is CCCCCCOc1ccc(C(=O)NNC(=O)Cn2nc(C)cc2C)cc1. The lowest BCUT2D eigenvalue weighted by molar-refractivity contribution is -0.122. The number of aryl methyl sites for hydroxylation is 2. The number of hydrogen-bond acceptors (Lipinski definition) is 4. The van der Waals surface area contributed by atoms with E-state index in [9.17, 15) is 9.59 Å². The molecule has 2 amide bonds. The van der Waals surface area contributed by atoms with E-state index >= 15 is 0 Å². The highest BCUT2D eigenvalue weighted by Gasteiger charge is 2.10. The predicted molar refractivity (Wildman–Crippen MR) is 103 cm³/mol. The Hall–Kier alpha value is -2.83. The first-order chi connectivity index (χ1) is 13.0. The minimum Gasteiger partial charge on any atom is -0.494 e. The van der Waals surface area contributed by atoms with E-state index in [2.05, 4.69) is 22.9 Å². The van der Waals surface area contributed by atoms with Crippen LogP contribution in [0, 0.1) is 13.8 Å². The van der Waals surface area contributed by atoms with Crippen molar-refractivity contribution in [2.75, 3.05) is 6.61 Å². The summed E-state index contributed by atoms with van der Waals surface area (Å²) in [5, 5.41) is 4.22. The van der Waals surface area contributed by atoms with Crippen molar-refractivity contribution in [3.63, 3.8) is 0 Å². The molecular weight excluding hydrogens is 344 g/mol. The molecule has 1 heterocycles. The van der Waals surface area contributed by atoms with Crippen molar-refractivity contribution in [3.05, 3.63) is 47.3 Å². The molecular formula is C20H28N4O3. The summed E-state index contributed by atoms with van der Waals surface area (Å²) in [5.41, 5.74) is 6.99. The van der Waals surface area contributed by atoms with Crippen molar-refractivity contribution in [1.82, 2.24) is 20.6 Å². The number of nitrogens with one attached hydrogen (secondary N) is 2. The average molecular weight is 372 g/mol. The summed E-state index contributed by atoms with van der Waals surface area (Å²) >= 11 is 0. The van der Waals surface area contributed by atoms with Gasteiger partial charge < -0.3 is 4.74 Å². The molecule has 0 aliphatic rings. The van der Waals surface area contributed by atoms with E-state index in [-0.39, 0.29) is 18.4 Å². The smallest absolute Gasteiger partial charge is 0.269 e. The van der Waals surface area contributed by atoms with Crippen LogP contribution in [0.15, 0.2) is 30.3 Å².